The Labute approximate surface area is 81.5 Å². The number of hydrogen-bond donors (Lipinski definition) is 2. The van der Waals surface area contributed by atoms with Crippen molar-refractivity contribution in [1.29, 1.82) is 0 Å². The Hall–Kier alpha value is -0.0800. The molecule has 0 heterocycles. The normalized spacial score (nSPS) is 25.8. The van der Waals surface area contributed by atoms with Crippen LogP contribution in [0.1, 0.15) is 46.0 Å². The fourth-order valence-corrected chi connectivity index (χ4v) is 2.30. The molecule has 0 aromatic rings. The van der Waals surface area contributed by atoms with Gasteiger partial charge >= 0.3 is 0 Å². The summed E-state index contributed by atoms with van der Waals surface area (Å²) in [7, 11) is 0. The molecule has 3 N–H and O–H groups in total. The van der Waals surface area contributed by atoms with E-state index >= 15 is 0 Å². The van der Waals surface area contributed by atoms with Gasteiger partial charge in [-0.3, -0.25) is 0 Å². The van der Waals surface area contributed by atoms with Crippen molar-refractivity contribution in [3.8, 4) is 0 Å². The molecule has 1 rings (SSSR count). The molecule has 0 saturated heterocycles. The minimum atomic E-state index is -0.280. The summed E-state index contributed by atoms with van der Waals surface area (Å²) in [6, 6.07) is 0. The molecule has 0 radical (unpaired) electrons. The van der Waals surface area contributed by atoms with Crippen molar-refractivity contribution < 1.29 is 5.11 Å². The zero-order chi connectivity index (χ0) is 9.90. The quantitative estimate of drug-likeness (QED) is 0.703. The lowest BCUT2D eigenvalue weighted by Gasteiger charge is -2.33. The molecule has 1 aliphatic carbocycles. The Morgan fingerprint density at radius 2 is 2.00 bits per heavy atom. The van der Waals surface area contributed by atoms with Crippen molar-refractivity contribution in [3.63, 3.8) is 0 Å². The van der Waals surface area contributed by atoms with Gasteiger partial charge in [-0.1, -0.05) is 32.6 Å². The summed E-state index contributed by atoms with van der Waals surface area (Å²) in [4.78, 5) is 0. The first-order chi connectivity index (χ1) is 6.08. The van der Waals surface area contributed by atoms with Crippen LogP contribution in [0.25, 0.3) is 0 Å². The highest BCUT2D eigenvalue weighted by molar-refractivity contribution is 4.84. The van der Waals surface area contributed by atoms with E-state index in [-0.39, 0.29) is 11.5 Å². The second kappa shape index (κ2) is 4.43. The minimum Gasteiger partial charge on any atom is -0.393 e. The van der Waals surface area contributed by atoms with Gasteiger partial charge in [0.2, 0.25) is 0 Å². The van der Waals surface area contributed by atoms with Gasteiger partial charge in [0, 0.05) is 12.0 Å². The van der Waals surface area contributed by atoms with Gasteiger partial charge in [-0.05, 0) is 19.3 Å². The van der Waals surface area contributed by atoms with Gasteiger partial charge in [0.25, 0.3) is 0 Å². The van der Waals surface area contributed by atoms with Crippen LogP contribution in [-0.4, -0.2) is 17.8 Å². The van der Waals surface area contributed by atoms with Crippen LogP contribution in [0, 0.1) is 11.3 Å². The summed E-state index contributed by atoms with van der Waals surface area (Å²) in [6.45, 7) is 4.57. The van der Waals surface area contributed by atoms with Crippen molar-refractivity contribution in [2.45, 2.75) is 52.1 Å². The molecule has 0 aliphatic heterocycles. The molecular weight excluding hydrogens is 162 g/mol. The van der Waals surface area contributed by atoms with Crippen molar-refractivity contribution in [1.82, 2.24) is 0 Å². The lowest BCUT2D eigenvalue weighted by atomic mass is 9.76. The summed E-state index contributed by atoms with van der Waals surface area (Å²) in [5.41, 5.74) is 5.67. The third-order valence-corrected chi connectivity index (χ3v) is 3.70. The Balaban J connectivity index is 2.46. The predicted molar refractivity (Wildman–Crippen MR) is 55.4 cm³/mol. The molecule has 0 bridgehead atoms. The Morgan fingerprint density at radius 3 is 2.38 bits per heavy atom. The van der Waals surface area contributed by atoms with Gasteiger partial charge in [0.1, 0.15) is 0 Å². The van der Waals surface area contributed by atoms with Crippen LogP contribution in [-0.2, 0) is 0 Å². The summed E-state index contributed by atoms with van der Waals surface area (Å²) < 4.78 is 0. The van der Waals surface area contributed by atoms with E-state index < -0.39 is 0 Å². The lowest BCUT2D eigenvalue weighted by molar-refractivity contribution is 0.0396. The molecule has 78 valence electrons. The molecule has 0 aromatic carbocycles. The van der Waals surface area contributed by atoms with Crippen molar-refractivity contribution >= 4 is 0 Å². The van der Waals surface area contributed by atoms with Crippen molar-refractivity contribution in [2.75, 3.05) is 6.54 Å². The predicted octanol–water partition coefficient (Wildman–Crippen LogP) is 1.91. The van der Waals surface area contributed by atoms with E-state index in [0.29, 0.717) is 6.54 Å². The Morgan fingerprint density at radius 1 is 1.46 bits per heavy atom. The van der Waals surface area contributed by atoms with Crippen LogP contribution < -0.4 is 5.73 Å². The molecule has 1 saturated carbocycles. The lowest BCUT2D eigenvalue weighted by Crippen LogP contribution is -2.38. The molecule has 13 heavy (non-hydrogen) atoms. The van der Waals surface area contributed by atoms with Crippen LogP contribution >= 0.6 is 0 Å². The summed E-state index contributed by atoms with van der Waals surface area (Å²) in [6.07, 6.45) is 6.22. The first-order valence-corrected chi connectivity index (χ1v) is 5.46. The number of rotatable bonds is 4. The average Bonchev–Trinajstić information content (AvgIpc) is 2.56. The molecular formula is C11H23NO. The SMILES string of the molecule is CC(O)C(C)(CN)CC1CCCC1. The second-order valence-electron chi connectivity index (χ2n) is 4.89. The number of aliphatic hydroxyl groups excluding tert-OH is 1. The van der Waals surface area contributed by atoms with Crippen molar-refractivity contribution in [2.24, 2.45) is 17.1 Å². The summed E-state index contributed by atoms with van der Waals surface area (Å²) in [5, 5.41) is 9.65. The first-order valence-electron chi connectivity index (χ1n) is 5.46. The largest absolute Gasteiger partial charge is 0.393 e. The molecule has 2 nitrogen and oxygen atoms in total. The third-order valence-electron chi connectivity index (χ3n) is 3.70. The molecule has 1 aliphatic rings. The zero-order valence-electron chi connectivity index (χ0n) is 8.92. The van der Waals surface area contributed by atoms with E-state index in [9.17, 15) is 5.11 Å². The van der Waals surface area contributed by atoms with E-state index in [0.717, 1.165) is 12.3 Å². The van der Waals surface area contributed by atoms with Crippen molar-refractivity contribution in [3.05, 3.63) is 0 Å². The van der Waals surface area contributed by atoms with Gasteiger partial charge < -0.3 is 10.8 Å². The van der Waals surface area contributed by atoms with E-state index in [2.05, 4.69) is 6.92 Å². The molecule has 0 aromatic heterocycles. The maximum atomic E-state index is 9.65. The summed E-state index contributed by atoms with van der Waals surface area (Å²) >= 11 is 0. The maximum absolute atomic E-state index is 9.65. The molecule has 2 atom stereocenters. The molecule has 2 unspecified atom stereocenters. The molecule has 2 heteroatoms. The van der Waals surface area contributed by atoms with E-state index in [4.69, 9.17) is 5.73 Å². The highest BCUT2D eigenvalue weighted by atomic mass is 16.3. The smallest absolute Gasteiger partial charge is 0.0577 e. The van der Waals surface area contributed by atoms with Gasteiger partial charge in [0.05, 0.1) is 6.10 Å². The van der Waals surface area contributed by atoms with Crippen LogP contribution in [0.5, 0.6) is 0 Å². The topological polar surface area (TPSA) is 46.2 Å². The maximum Gasteiger partial charge on any atom is 0.0577 e. The van der Waals surface area contributed by atoms with E-state index in [1.54, 1.807) is 0 Å². The monoisotopic (exact) mass is 185 g/mol. The standard InChI is InChI=1S/C11H23NO/c1-9(13)11(2,8-12)7-10-5-3-4-6-10/h9-10,13H,3-8,12H2,1-2H3. The molecule has 1 fully saturated rings. The fraction of sp³-hybridized carbons (Fsp3) is 1.00. The van der Waals surface area contributed by atoms with Gasteiger partial charge in [-0.15, -0.1) is 0 Å². The van der Waals surface area contributed by atoms with E-state index in [1.807, 2.05) is 6.92 Å². The third kappa shape index (κ3) is 2.68. The second-order valence-corrected chi connectivity index (χ2v) is 4.89. The van der Waals surface area contributed by atoms with Crippen LogP contribution in [0.4, 0.5) is 0 Å². The first kappa shape index (κ1) is 11.0. The van der Waals surface area contributed by atoms with Crippen LogP contribution in [0.3, 0.4) is 0 Å². The fourth-order valence-electron chi connectivity index (χ4n) is 2.30. The molecule has 0 spiro atoms. The number of nitrogens with two attached hydrogens (primary N) is 1. The Kier molecular flexibility index (Phi) is 3.74. The molecule has 0 amide bonds. The van der Waals surface area contributed by atoms with E-state index in [1.165, 1.54) is 25.7 Å². The van der Waals surface area contributed by atoms with Gasteiger partial charge in [-0.25, -0.2) is 0 Å². The number of aliphatic hydroxyl groups is 1. The minimum absolute atomic E-state index is 0.0605. The Bertz CT molecular complexity index is 152. The number of hydrogen-bond acceptors (Lipinski definition) is 2. The zero-order valence-corrected chi connectivity index (χ0v) is 8.92. The van der Waals surface area contributed by atoms with Crippen LogP contribution in [0.15, 0.2) is 0 Å². The van der Waals surface area contributed by atoms with Crippen LogP contribution in [0.2, 0.25) is 0 Å². The van der Waals surface area contributed by atoms with Gasteiger partial charge in [0.15, 0.2) is 0 Å². The van der Waals surface area contributed by atoms with Gasteiger partial charge in [-0.2, -0.15) is 0 Å². The highest BCUT2D eigenvalue weighted by Crippen LogP contribution is 2.37. The summed E-state index contributed by atoms with van der Waals surface area (Å²) in [5.74, 6) is 0.808. The highest BCUT2D eigenvalue weighted by Gasteiger charge is 2.32. The average molecular weight is 185 g/mol.